The smallest absolute Gasteiger partial charge is 0.0497 e. The van der Waals surface area contributed by atoms with Crippen molar-refractivity contribution >= 4 is 38.6 Å². The molecule has 8 aromatic rings. The van der Waals surface area contributed by atoms with E-state index in [4.69, 9.17) is 0 Å². The minimum atomic E-state index is 0.923. The van der Waals surface area contributed by atoms with Crippen LogP contribution < -0.4 is 4.90 Å². The summed E-state index contributed by atoms with van der Waals surface area (Å²) in [6.07, 6.45) is 0.923. The van der Waals surface area contributed by atoms with Crippen molar-refractivity contribution in [1.82, 2.24) is 0 Å². The maximum Gasteiger partial charge on any atom is 0.0497 e. The van der Waals surface area contributed by atoms with Crippen LogP contribution in [0.25, 0.3) is 54.9 Å². The second-order valence-corrected chi connectivity index (χ2v) is 12.1. The minimum Gasteiger partial charge on any atom is -0.310 e. The van der Waals surface area contributed by atoms with Crippen LogP contribution in [0.4, 0.5) is 17.1 Å². The molecule has 8 aromatic carbocycles. The van der Waals surface area contributed by atoms with E-state index in [0.29, 0.717) is 0 Å². The molecular formula is C45H31N. The fourth-order valence-corrected chi connectivity index (χ4v) is 7.38. The van der Waals surface area contributed by atoms with E-state index in [9.17, 15) is 0 Å². The van der Waals surface area contributed by atoms with E-state index in [1.165, 1.54) is 83.1 Å². The number of hydrogen-bond acceptors (Lipinski definition) is 1. The van der Waals surface area contributed by atoms with Gasteiger partial charge >= 0.3 is 0 Å². The molecule has 0 aliphatic carbocycles. The fourth-order valence-electron chi connectivity index (χ4n) is 7.38. The number of fused-ring (bicyclic) bond motifs is 4. The SMILES string of the molecule is c1ccc(-c2c3ccccc3c(-c3ccc(-c4ccc5c(c4)Cc4ccccc4N5c4ccccc4)cc3)c3ccccc23)cc1. The van der Waals surface area contributed by atoms with E-state index in [2.05, 4.69) is 181 Å². The minimum absolute atomic E-state index is 0.923. The highest BCUT2D eigenvalue weighted by atomic mass is 15.2. The van der Waals surface area contributed by atoms with Crippen molar-refractivity contribution in [2.45, 2.75) is 6.42 Å². The third kappa shape index (κ3) is 4.32. The summed E-state index contributed by atoms with van der Waals surface area (Å²) < 4.78 is 0. The Morgan fingerprint density at radius 3 is 1.41 bits per heavy atom. The van der Waals surface area contributed by atoms with Crippen molar-refractivity contribution in [2.75, 3.05) is 4.90 Å². The molecule has 1 heterocycles. The van der Waals surface area contributed by atoms with Gasteiger partial charge in [0, 0.05) is 23.5 Å². The molecule has 0 bridgehead atoms. The van der Waals surface area contributed by atoms with Crippen LogP contribution in [0.2, 0.25) is 0 Å². The van der Waals surface area contributed by atoms with E-state index < -0.39 is 0 Å². The largest absolute Gasteiger partial charge is 0.310 e. The molecule has 1 aliphatic heterocycles. The third-order valence-corrected chi connectivity index (χ3v) is 9.45. The number of nitrogens with zero attached hydrogens (tertiary/aromatic N) is 1. The standard InChI is InChI=1S/C45H31N/c1-3-13-32(14-4-1)44-38-18-8-10-20-40(38)45(41-21-11-9-19-39(41)44)33-25-23-31(24-26-33)34-27-28-43-36(29-34)30-35-15-7-12-22-42(35)46(43)37-16-5-2-6-17-37/h1-29H,30H2. The summed E-state index contributed by atoms with van der Waals surface area (Å²) in [6, 6.07) is 64.1. The monoisotopic (exact) mass is 585 g/mol. The molecule has 9 rings (SSSR count). The predicted octanol–water partition coefficient (Wildman–Crippen LogP) is 12.4. The fraction of sp³-hybridized carbons (Fsp3) is 0.0222. The maximum atomic E-state index is 2.40. The average Bonchev–Trinajstić information content (AvgIpc) is 3.13. The van der Waals surface area contributed by atoms with Crippen molar-refractivity contribution in [2.24, 2.45) is 0 Å². The lowest BCUT2D eigenvalue weighted by Crippen LogP contribution is -2.18. The summed E-state index contributed by atoms with van der Waals surface area (Å²) in [5.41, 5.74) is 13.9. The lowest BCUT2D eigenvalue weighted by atomic mass is 9.85. The lowest BCUT2D eigenvalue weighted by molar-refractivity contribution is 1.09. The summed E-state index contributed by atoms with van der Waals surface area (Å²) in [4.78, 5) is 2.40. The molecule has 0 spiro atoms. The molecule has 216 valence electrons. The Hall–Kier alpha value is -5.92. The quantitative estimate of drug-likeness (QED) is 0.186. The molecule has 0 amide bonds. The van der Waals surface area contributed by atoms with Gasteiger partial charge in [-0.25, -0.2) is 0 Å². The Kier molecular flexibility index (Phi) is 6.28. The van der Waals surface area contributed by atoms with Crippen molar-refractivity contribution in [3.05, 3.63) is 187 Å². The number of anilines is 3. The molecule has 0 N–H and O–H groups in total. The van der Waals surface area contributed by atoms with Crippen molar-refractivity contribution in [3.8, 4) is 33.4 Å². The first-order valence-electron chi connectivity index (χ1n) is 16.0. The van der Waals surface area contributed by atoms with E-state index in [1.807, 2.05) is 0 Å². The molecule has 1 nitrogen and oxygen atoms in total. The molecular weight excluding hydrogens is 555 g/mol. The van der Waals surface area contributed by atoms with Crippen LogP contribution >= 0.6 is 0 Å². The molecule has 0 atom stereocenters. The van der Waals surface area contributed by atoms with Crippen molar-refractivity contribution in [1.29, 1.82) is 0 Å². The van der Waals surface area contributed by atoms with Crippen LogP contribution in [0.1, 0.15) is 11.1 Å². The van der Waals surface area contributed by atoms with Crippen molar-refractivity contribution in [3.63, 3.8) is 0 Å². The van der Waals surface area contributed by atoms with Crippen molar-refractivity contribution < 1.29 is 0 Å². The Morgan fingerprint density at radius 1 is 0.326 bits per heavy atom. The van der Waals surface area contributed by atoms with Crippen LogP contribution in [0, 0.1) is 0 Å². The van der Waals surface area contributed by atoms with Gasteiger partial charge in [0.25, 0.3) is 0 Å². The summed E-state index contributed by atoms with van der Waals surface area (Å²) in [5, 5.41) is 5.12. The zero-order valence-corrected chi connectivity index (χ0v) is 25.4. The number of hydrogen-bond donors (Lipinski definition) is 0. The normalized spacial score (nSPS) is 12.2. The van der Waals surface area contributed by atoms with Gasteiger partial charge in [0.15, 0.2) is 0 Å². The third-order valence-electron chi connectivity index (χ3n) is 9.45. The first-order valence-corrected chi connectivity index (χ1v) is 16.0. The van der Waals surface area contributed by atoms with Crippen LogP contribution in [0.5, 0.6) is 0 Å². The number of para-hydroxylation sites is 2. The molecule has 0 saturated heterocycles. The molecule has 0 radical (unpaired) electrons. The van der Waals surface area contributed by atoms with Gasteiger partial charge < -0.3 is 4.90 Å². The van der Waals surface area contributed by atoms with Gasteiger partial charge in [-0.1, -0.05) is 146 Å². The lowest BCUT2D eigenvalue weighted by Gasteiger charge is -2.33. The molecule has 1 heteroatoms. The molecule has 0 saturated carbocycles. The predicted molar refractivity (Wildman–Crippen MR) is 195 cm³/mol. The molecule has 0 fully saturated rings. The Balaban J connectivity index is 1.15. The Labute approximate surface area is 269 Å². The van der Waals surface area contributed by atoms with Gasteiger partial charge in [0.05, 0.1) is 0 Å². The summed E-state index contributed by atoms with van der Waals surface area (Å²) in [7, 11) is 0. The van der Waals surface area contributed by atoms with E-state index in [1.54, 1.807) is 0 Å². The van der Waals surface area contributed by atoms with Gasteiger partial charge in [-0.05, 0) is 96.4 Å². The highest BCUT2D eigenvalue weighted by Gasteiger charge is 2.24. The van der Waals surface area contributed by atoms with Crippen LogP contribution in [0.15, 0.2) is 176 Å². The van der Waals surface area contributed by atoms with E-state index in [-0.39, 0.29) is 0 Å². The highest BCUT2D eigenvalue weighted by molar-refractivity contribution is 6.21. The maximum absolute atomic E-state index is 2.40. The number of rotatable bonds is 4. The summed E-state index contributed by atoms with van der Waals surface area (Å²) in [5.74, 6) is 0. The molecule has 46 heavy (non-hydrogen) atoms. The zero-order chi connectivity index (χ0) is 30.5. The van der Waals surface area contributed by atoms with Gasteiger partial charge in [0.2, 0.25) is 0 Å². The second kappa shape index (κ2) is 10.9. The van der Waals surface area contributed by atoms with Gasteiger partial charge in [0.1, 0.15) is 0 Å². The second-order valence-electron chi connectivity index (χ2n) is 12.1. The Bertz CT molecular complexity index is 2310. The molecule has 1 aliphatic rings. The Morgan fingerprint density at radius 2 is 0.783 bits per heavy atom. The first-order chi connectivity index (χ1) is 22.8. The highest BCUT2D eigenvalue weighted by Crippen LogP contribution is 2.46. The van der Waals surface area contributed by atoms with E-state index in [0.717, 1.165) is 6.42 Å². The van der Waals surface area contributed by atoms with Crippen LogP contribution in [-0.4, -0.2) is 0 Å². The number of benzene rings is 8. The van der Waals surface area contributed by atoms with Gasteiger partial charge in [-0.2, -0.15) is 0 Å². The summed E-state index contributed by atoms with van der Waals surface area (Å²) in [6.45, 7) is 0. The van der Waals surface area contributed by atoms with Crippen LogP contribution in [-0.2, 0) is 6.42 Å². The van der Waals surface area contributed by atoms with Gasteiger partial charge in [-0.3, -0.25) is 0 Å². The van der Waals surface area contributed by atoms with Crippen LogP contribution in [0.3, 0.4) is 0 Å². The van der Waals surface area contributed by atoms with E-state index >= 15 is 0 Å². The average molecular weight is 586 g/mol. The molecule has 0 unspecified atom stereocenters. The topological polar surface area (TPSA) is 3.24 Å². The molecule has 0 aromatic heterocycles. The van der Waals surface area contributed by atoms with Gasteiger partial charge in [-0.15, -0.1) is 0 Å². The first kappa shape index (κ1) is 26.5. The summed E-state index contributed by atoms with van der Waals surface area (Å²) >= 11 is 0. The zero-order valence-electron chi connectivity index (χ0n) is 25.4.